The van der Waals surface area contributed by atoms with Crippen LogP contribution >= 0.6 is 0 Å². The molecule has 28 heavy (non-hydrogen) atoms. The van der Waals surface area contributed by atoms with Gasteiger partial charge in [-0.25, -0.2) is 14.4 Å². The number of likely N-dealkylation sites (tertiary alicyclic amines) is 1. The Morgan fingerprint density at radius 3 is 2.82 bits per heavy atom. The third kappa shape index (κ3) is 4.22. The summed E-state index contributed by atoms with van der Waals surface area (Å²) in [6.07, 6.45) is 7.34. The first-order chi connectivity index (χ1) is 13.7. The van der Waals surface area contributed by atoms with Gasteiger partial charge in [-0.15, -0.1) is 0 Å². The van der Waals surface area contributed by atoms with Crippen molar-refractivity contribution in [2.24, 2.45) is 0 Å². The zero-order valence-corrected chi connectivity index (χ0v) is 15.5. The zero-order valence-electron chi connectivity index (χ0n) is 15.5. The molecule has 1 saturated heterocycles. The van der Waals surface area contributed by atoms with Crippen LogP contribution in [0, 0.1) is 5.82 Å². The van der Waals surface area contributed by atoms with Crippen LogP contribution in [0.3, 0.4) is 0 Å². The maximum Gasteiger partial charge on any atom is 0.227 e. The number of hydrogen-bond donors (Lipinski definition) is 0. The summed E-state index contributed by atoms with van der Waals surface area (Å²) in [7, 11) is 0. The molecule has 0 N–H and O–H groups in total. The lowest BCUT2D eigenvalue weighted by molar-refractivity contribution is -0.131. The summed E-state index contributed by atoms with van der Waals surface area (Å²) in [5.74, 6) is 0.557. The minimum atomic E-state index is -0.313. The molecule has 2 aromatic heterocycles. The molecule has 1 aliphatic rings. The number of piperidine rings is 1. The summed E-state index contributed by atoms with van der Waals surface area (Å²) >= 11 is 0. The van der Waals surface area contributed by atoms with Crippen LogP contribution < -0.4 is 0 Å². The number of carbonyl (C=O) groups excluding carboxylic acids is 1. The lowest BCUT2D eigenvalue weighted by Crippen LogP contribution is -2.40. The molecule has 0 saturated carbocycles. The molecule has 5 nitrogen and oxygen atoms in total. The lowest BCUT2D eigenvalue weighted by atomic mass is 9.94. The largest absolute Gasteiger partial charge is 0.342 e. The summed E-state index contributed by atoms with van der Waals surface area (Å²) in [5.41, 5.74) is 2.57. The Kier molecular flexibility index (Phi) is 5.37. The number of carbonyl (C=O) groups is 1. The van der Waals surface area contributed by atoms with E-state index in [1.165, 1.54) is 12.1 Å². The third-order valence-corrected chi connectivity index (χ3v) is 5.05. The van der Waals surface area contributed by atoms with Crippen molar-refractivity contribution in [3.63, 3.8) is 0 Å². The van der Waals surface area contributed by atoms with E-state index < -0.39 is 0 Å². The molecule has 142 valence electrons. The van der Waals surface area contributed by atoms with Crippen molar-refractivity contribution in [3.8, 4) is 11.4 Å². The van der Waals surface area contributed by atoms with Gasteiger partial charge >= 0.3 is 0 Å². The highest BCUT2D eigenvalue weighted by Gasteiger charge is 2.26. The highest BCUT2D eigenvalue weighted by Crippen LogP contribution is 2.27. The molecule has 1 aromatic carbocycles. The van der Waals surface area contributed by atoms with Gasteiger partial charge in [0.1, 0.15) is 5.82 Å². The molecule has 0 spiro atoms. The second-order valence-corrected chi connectivity index (χ2v) is 7.03. The van der Waals surface area contributed by atoms with Gasteiger partial charge in [0.15, 0.2) is 5.82 Å². The molecular formula is C22H21FN4O. The number of amides is 1. The van der Waals surface area contributed by atoms with Gasteiger partial charge in [0.25, 0.3) is 0 Å². The fourth-order valence-electron chi connectivity index (χ4n) is 3.62. The standard InChI is InChI=1S/C22H21FN4O/c23-19-5-1-3-16(13-19)14-21(28)27-12-2-4-18(15-27)20-8-11-25-22(26-20)17-6-9-24-10-7-17/h1,3,5-11,13,18H,2,4,12,14-15H2/t18-/m1/s1. The Hall–Kier alpha value is -3.15. The van der Waals surface area contributed by atoms with Gasteiger partial charge in [-0.05, 0) is 48.7 Å². The predicted octanol–water partition coefficient (Wildman–Crippen LogP) is 3.63. The normalized spacial score (nSPS) is 16.8. The van der Waals surface area contributed by atoms with E-state index in [1.54, 1.807) is 30.7 Å². The first-order valence-corrected chi connectivity index (χ1v) is 9.44. The number of hydrogen-bond acceptors (Lipinski definition) is 4. The second kappa shape index (κ2) is 8.25. The molecule has 1 atom stereocenters. The molecule has 0 radical (unpaired) electrons. The Labute approximate surface area is 163 Å². The SMILES string of the molecule is O=C(Cc1cccc(F)c1)N1CCC[C@@H](c2ccnc(-c3ccncc3)n2)C1. The first-order valence-electron chi connectivity index (χ1n) is 9.44. The van der Waals surface area contributed by atoms with Gasteiger partial charge in [-0.2, -0.15) is 0 Å². The Morgan fingerprint density at radius 2 is 2.00 bits per heavy atom. The number of nitrogens with zero attached hydrogens (tertiary/aromatic N) is 4. The van der Waals surface area contributed by atoms with Crippen LogP contribution in [0.2, 0.25) is 0 Å². The Morgan fingerprint density at radius 1 is 1.14 bits per heavy atom. The quantitative estimate of drug-likeness (QED) is 0.698. The number of pyridine rings is 1. The minimum absolute atomic E-state index is 0.0266. The minimum Gasteiger partial charge on any atom is -0.342 e. The molecule has 1 fully saturated rings. The van der Waals surface area contributed by atoms with Crippen molar-refractivity contribution < 1.29 is 9.18 Å². The van der Waals surface area contributed by atoms with E-state index in [0.717, 1.165) is 30.6 Å². The van der Waals surface area contributed by atoms with Gasteiger partial charge in [-0.3, -0.25) is 9.78 Å². The van der Waals surface area contributed by atoms with Crippen molar-refractivity contribution in [2.45, 2.75) is 25.2 Å². The number of rotatable bonds is 4. The number of halogens is 1. The van der Waals surface area contributed by atoms with Gasteiger partial charge in [0.2, 0.25) is 5.91 Å². The molecule has 4 rings (SSSR count). The van der Waals surface area contributed by atoms with Crippen LogP contribution in [0.1, 0.15) is 30.0 Å². The fraction of sp³-hybridized carbons (Fsp3) is 0.273. The van der Waals surface area contributed by atoms with E-state index in [1.807, 2.05) is 23.1 Å². The average Bonchev–Trinajstić information content (AvgIpc) is 2.74. The topological polar surface area (TPSA) is 59.0 Å². The Balaban J connectivity index is 1.47. The van der Waals surface area contributed by atoms with Crippen LogP contribution in [-0.4, -0.2) is 38.8 Å². The summed E-state index contributed by atoms with van der Waals surface area (Å²) < 4.78 is 13.4. The smallest absolute Gasteiger partial charge is 0.227 e. The predicted molar refractivity (Wildman–Crippen MR) is 104 cm³/mol. The van der Waals surface area contributed by atoms with Crippen LogP contribution in [0.25, 0.3) is 11.4 Å². The molecule has 6 heteroatoms. The molecule has 1 aliphatic heterocycles. The van der Waals surface area contributed by atoms with Gasteiger partial charge < -0.3 is 4.90 Å². The van der Waals surface area contributed by atoms with Gasteiger partial charge in [0, 0.05) is 48.9 Å². The molecule has 0 unspecified atom stereocenters. The van der Waals surface area contributed by atoms with Crippen LogP contribution in [-0.2, 0) is 11.2 Å². The van der Waals surface area contributed by atoms with E-state index in [4.69, 9.17) is 4.98 Å². The van der Waals surface area contributed by atoms with Gasteiger partial charge in [0.05, 0.1) is 6.42 Å². The maximum atomic E-state index is 13.4. The molecule has 3 heterocycles. The monoisotopic (exact) mass is 376 g/mol. The average molecular weight is 376 g/mol. The van der Waals surface area contributed by atoms with Crippen molar-refractivity contribution in [1.82, 2.24) is 19.9 Å². The van der Waals surface area contributed by atoms with E-state index in [-0.39, 0.29) is 24.1 Å². The highest BCUT2D eigenvalue weighted by molar-refractivity contribution is 5.79. The van der Waals surface area contributed by atoms with Crippen LogP contribution in [0.4, 0.5) is 4.39 Å². The highest BCUT2D eigenvalue weighted by atomic mass is 19.1. The molecule has 0 aliphatic carbocycles. The molecule has 0 bridgehead atoms. The first kappa shape index (κ1) is 18.2. The Bertz CT molecular complexity index is 964. The molecule has 3 aromatic rings. The zero-order chi connectivity index (χ0) is 19.3. The molecule has 1 amide bonds. The number of benzene rings is 1. The summed E-state index contributed by atoms with van der Waals surface area (Å²) in [5, 5.41) is 0. The van der Waals surface area contributed by atoms with Crippen molar-refractivity contribution >= 4 is 5.91 Å². The van der Waals surface area contributed by atoms with Crippen molar-refractivity contribution in [3.05, 3.63) is 78.1 Å². The fourth-order valence-corrected chi connectivity index (χ4v) is 3.62. The van der Waals surface area contributed by atoms with E-state index in [0.29, 0.717) is 17.9 Å². The number of aromatic nitrogens is 3. The lowest BCUT2D eigenvalue weighted by Gasteiger charge is -2.32. The summed E-state index contributed by atoms with van der Waals surface area (Å²) in [6.45, 7) is 1.36. The van der Waals surface area contributed by atoms with Gasteiger partial charge in [-0.1, -0.05) is 12.1 Å². The third-order valence-electron chi connectivity index (χ3n) is 5.05. The van der Waals surface area contributed by atoms with E-state index in [9.17, 15) is 9.18 Å². The van der Waals surface area contributed by atoms with E-state index >= 15 is 0 Å². The summed E-state index contributed by atoms with van der Waals surface area (Å²) in [6, 6.07) is 11.9. The van der Waals surface area contributed by atoms with E-state index in [2.05, 4.69) is 9.97 Å². The van der Waals surface area contributed by atoms with Crippen molar-refractivity contribution in [2.75, 3.05) is 13.1 Å². The second-order valence-electron chi connectivity index (χ2n) is 7.03. The van der Waals surface area contributed by atoms with Crippen LogP contribution in [0.5, 0.6) is 0 Å². The van der Waals surface area contributed by atoms with Crippen LogP contribution in [0.15, 0.2) is 61.1 Å². The van der Waals surface area contributed by atoms with Crippen molar-refractivity contribution in [1.29, 1.82) is 0 Å². The molecular weight excluding hydrogens is 355 g/mol. The maximum absolute atomic E-state index is 13.4. The summed E-state index contributed by atoms with van der Waals surface area (Å²) in [4.78, 5) is 27.7.